The Hall–Kier alpha value is -2.76. The maximum absolute atomic E-state index is 11.1. The van der Waals surface area contributed by atoms with E-state index in [2.05, 4.69) is 4.98 Å². The number of nitro benzene ring substituents is 1. The van der Waals surface area contributed by atoms with Crippen molar-refractivity contribution in [2.75, 3.05) is 11.9 Å². The van der Waals surface area contributed by atoms with Gasteiger partial charge in [-0.05, 0) is 29.8 Å². The second-order valence-electron chi connectivity index (χ2n) is 4.33. The second kappa shape index (κ2) is 5.92. The van der Waals surface area contributed by atoms with Gasteiger partial charge in [0.15, 0.2) is 0 Å². The van der Waals surface area contributed by atoms with Gasteiger partial charge in [-0.15, -0.1) is 0 Å². The molecule has 0 N–H and O–H groups in total. The number of hydrogen-bond acceptors (Lipinski definition) is 5. The van der Waals surface area contributed by atoms with E-state index in [0.717, 1.165) is 5.56 Å². The van der Waals surface area contributed by atoms with Crippen molar-refractivity contribution in [3.63, 3.8) is 0 Å². The van der Waals surface area contributed by atoms with Crippen molar-refractivity contribution in [2.24, 2.45) is 0 Å². The molecular formula is C14H13N3O3. The molecule has 0 atom stereocenters. The molecule has 20 heavy (non-hydrogen) atoms. The average Bonchev–Trinajstić information content (AvgIpc) is 2.47. The fourth-order valence-electron chi connectivity index (χ4n) is 1.93. The van der Waals surface area contributed by atoms with Gasteiger partial charge in [-0.2, -0.15) is 0 Å². The summed E-state index contributed by atoms with van der Waals surface area (Å²) in [7, 11) is 1.77. The van der Waals surface area contributed by atoms with Gasteiger partial charge in [-0.3, -0.25) is 19.9 Å². The zero-order chi connectivity index (χ0) is 14.5. The van der Waals surface area contributed by atoms with Gasteiger partial charge in [0.25, 0.3) is 5.69 Å². The Balaban J connectivity index is 2.31. The van der Waals surface area contributed by atoms with E-state index in [1.807, 2.05) is 12.1 Å². The lowest BCUT2D eigenvalue weighted by molar-refractivity contribution is -0.384. The first-order valence-electron chi connectivity index (χ1n) is 5.95. The van der Waals surface area contributed by atoms with Crippen molar-refractivity contribution in [1.82, 2.24) is 4.98 Å². The number of carbonyl (C=O) groups is 1. The minimum atomic E-state index is -0.481. The third kappa shape index (κ3) is 2.97. The second-order valence-corrected chi connectivity index (χ2v) is 4.33. The van der Waals surface area contributed by atoms with Gasteiger partial charge < -0.3 is 4.90 Å². The largest absolute Gasteiger partial charge is 0.365 e. The van der Waals surface area contributed by atoms with E-state index in [9.17, 15) is 14.9 Å². The van der Waals surface area contributed by atoms with Crippen molar-refractivity contribution >= 4 is 17.7 Å². The lowest BCUT2D eigenvalue weighted by atomic mass is 10.1. The highest BCUT2D eigenvalue weighted by molar-refractivity contribution is 5.79. The lowest BCUT2D eigenvalue weighted by Gasteiger charge is -2.19. The number of aldehydes is 1. The quantitative estimate of drug-likeness (QED) is 0.474. The first-order chi connectivity index (χ1) is 9.61. The summed E-state index contributed by atoms with van der Waals surface area (Å²) in [6.45, 7) is 0.518. The summed E-state index contributed by atoms with van der Waals surface area (Å²) < 4.78 is 0. The number of carbonyl (C=O) groups excluding carboxylic acids is 1. The molecule has 2 aromatic rings. The molecule has 0 saturated heterocycles. The van der Waals surface area contributed by atoms with E-state index in [1.54, 1.807) is 36.5 Å². The van der Waals surface area contributed by atoms with Crippen molar-refractivity contribution in [2.45, 2.75) is 6.54 Å². The summed E-state index contributed by atoms with van der Waals surface area (Å²) in [6.07, 6.45) is 3.94. The number of nitrogens with zero attached hydrogens (tertiary/aromatic N) is 3. The van der Waals surface area contributed by atoms with Crippen LogP contribution in [-0.2, 0) is 6.54 Å². The SMILES string of the molecule is CN(Cc1ccncc1)c1ccc(C=O)cc1[N+](=O)[O-]. The Morgan fingerprint density at radius 1 is 1.30 bits per heavy atom. The van der Waals surface area contributed by atoms with E-state index < -0.39 is 4.92 Å². The predicted octanol–water partition coefficient (Wildman–Crippen LogP) is 2.44. The monoisotopic (exact) mass is 271 g/mol. The maximum atomic E-state index is 11.1. The molecule has 0 unspecified atom stereocenters. The molecule has 0 bridgehead atoms. The van der Waals surface area contributed by atoms with Crippen LogP contribution in [0, 0.1) is 10.1 Å². The first-order valence-corrected chi connectivity index (χ1v) is 5.95. The van der Waals surface area contributed by atoms with E-state index in [4.69, 9.17) is 0 Å². The lowest BCUT2D eigenvalue weighted by Crippen LogP contribution is -2.17. The highest BCUT2D eigenvalue weighted by Gasteiger charge is 2.17. The molecule has 0 amide bonds. The van der Waals surface area contributed by atoms with Crippen LogP contribution in [0.2, 0.25) is 0 Å². The van der Waals surface area contributed by atoms with Crippen LogP contribution in [0.4, 0.5) is 11.4 Å². The van der Waals surface area contributed by atoms with Crippen molar-refractivity contribution in [3.05, 3.63) is 64.0 Å². The third-order valence-electron chi connectivity index (χ3n) is 2.91. The number of pyridine rings is 1. The Morgan fingerprint density at radius 3 is 2.60 bits per heavy atom. The van der Waals surface area contributed by atoms with Crippen LogP contribution in [0.25, 0.3) is 0 Å². The Labute approximate surface area is 115 Å². The Bertz CT molecular complexity index is 629. The normalized spacial score (nSPS) is 10.1. The van der Waals surface area contributed by atoms with Crippen LogP contribution < -0.4 is 4.90 Å². The average molecular weight is 271 g/mol. The minimum Gasteiger partial charge on any atom is -0.365 e. The zero-order valence-electron chi connectivity index (χ0n) is 10.9. The van der Waals surface area contributed by atoms with Crippen LogP contribution in [0.15, 0.2) is 42.7 Å². The topological polar surface area (TPSA) is 76.3 Å². The highest BCUT2D eigenvalue weighted by atomic mass is 16.6. The van der Waals surface area contributed by atoms with Crippen molar-refractivity contribution in [3.8, 4) is 0 Å². The third-order valence-corrected chi connectivity index (χ3v) is 2.91. The molecule has 0 aliphatic rings. The molecule has 0 fully saturated rings. The molecule has 2 rings (SSSR count). The summed E-state index contributed by atoms with van der Waals surface area (Å²) in [6, 6.07) is 8.14. The van der Waals surface area contributed by atoms with Crippen molar-refractivity contribution in [1.29, 1.82) is 0 Å². The summed E-state index contributed by atoms with van der Waals surface area (Å²) >= 11 is 0. The standard InChI is InChI=1S/C14H13N3O3/c1-16(9-11-4-6-15-7-5-11)13-3-2-12(10-18)8-14(13)17(19)20/h2-8,10H,9H2,1H3. The number of hydrogen-bond donors (Lipinski definition) is 0. The number of rotatable bonds is 5. The van der Waals surface area contributed by atoms with Gasteiger partial charge in [-0.1, -0.05) is 0 Å². The summed E-state index contributed by atoms with van der Waals surface area (Å²) in [5, 5.41) is 11.1. The van der Waals surface area contributed by atoms with Gasteiger partial charge in [0.2, 0.25) is 0 Å². The van der Waals surface area contributed by atoms with Gasteiger partial charge in [0.05, 0.1) is 4.92 Å². The van der Waals surface area contributed by atoms with Gasteiger partial charge in [-0.25, -0.2) is 0 Å². The maximum Gasteiger partial charge on any atom is 0.293 e. The number of nitro groups is 1. The summed E-state index contributed by atoms with van der Waals surface area (Å²) in [5.74, 6) is 0. The minimum absolute atomic E-state index is 0.0776. The summed E-state index contributed by atoms with van der Waals surface area (Å²) in [4.78, 5) is 27.0. The Morgan fingerprint density at radius 2 is 2.00 bits per heavy atom. The number of benzene rings is 1. The molecule has 1 aromatic heterocycles. The van der Waals surface area contributed by atoms with Gasteiger partial charge >= 0.3 is 0 Å². The predicted molar refractivity (Wildman–Crippen MR) is 74.8 cm³/mol. The molecule has 0 aliphatic carbocycles. The number of aromatic nitrogens is 1. The molecule has 1 heterocycles. The van der Waals surface area contributed by atoms with Crippen LogP contribution in [0.1, 0.15) is 15.9 Å². The number of anilines is 1. The summed E-state index contributed by atoms with van der Waals surface area (Å²) in [5.41, 5.74) is 1.68. The van der Waals surface area contributed by atoms with Gasteiger partial charge in [0.1, 0.15) is 12.0 Å². The first kappa shape index (κ1) is 13.7. The van der Waals surface area contributed by atoms with E-state index >= 15 is 0 Å². The van der Waals surface area contributed by atoms with E-state index in [0.29, 0.717) is 18.5 Å². The smallest absolute Gasteiger partial charge is 0.293 e. The molecule has 102 valence electrons. The van der Waals surface area contributed by atoms with E-state index in [-0.39, 0.29) is 11.3 Å². The van der Waals surface area contributed by atoms with Gasteiger partial charge in [0, 0.05) is 37.6 Å². The fourth-order valence-corrected chi connectivity index (χ4v) is 1.93. The highest BCUT2D eigenvalue weighted by Crippen LogP contribution is 2.28. The molecule has 0 radical (unpaired) electrons. The fraction of sp³-hybridized carbons (Fsp3) is 0.143. The molecule has 6 heteroatoms. The Kier molecular flexibility index (Phi) is 4.05. The van der Waals surface area contributed by atoms with Crippen LogP contribution >= 0.6 is 0 Å². The van der Waals surface area contributed by atoms with Crippen LogP contribution in [-0.4, -0.2) is 23.2 Å². The van der Waals surface area contributed by atoms with Crippen LogP contribution in [0.5, 0.6) is 0 Å². The molecule has 0 saturated carbocycles. The molecular weight excluding hydrogens is 258 g/mol. The van der Waals surface area contributed by atoms with Crippen LogP contribution in [0.3, 0.4) is 0 Å². The van der Waals surface area contributed by atoms with E-state index in [1.165, 1.54) is 6.07 Å². The molecule has 0 spiro atoms. The molecule has 0 aliphatic heterocycles. The van der Waals surface area contributed by atoms with Crippen molar-refractivity contribution < 1.29 is 9.72 Å². The molecule has 1 aromatic carbocycles. The zero-order valence-corrected chi connectivity index (χ0v) is 10.9. The molecule has 6 nitrogen and oxygen atoms in total.